The number of fused-ring (bicyclic) bond motifs is 1. The Bertz CT molecular complexity index is 792. The maximum atomic E-state index is 13.3. The third-order valence-electron chi connectivity index (χ3n) is 4.49. The van der Waals surface area contributed by atoms with Crippen LogP contribution in [0.3, 0.4) is 0 Å². The van der Waals surface area contributed by atoms with Crippen molar-refractivity contribution >= 4 is 26.0 Å². The van der Waals surface area contributed by atoms with E-state index in [0.29, 0.717) is 11.5 Å². The Morgan fingerprint density at radius 3 is 2.56 bits per heavy atom. The first-order valence-corrected chi connectivity index (χ1v) is 12.0. The molecule has 9 heteroatoms. The van der Waals surface area contributed by atoms with Crippen molar-refractivity contribution in [2.45, 2.75) is 37.8 Å². The van der Waals surface area contributed by atoms with E-state index in [0.717, 1.165) is 6.26 Å². The molecule has 146 valence electrons. The number of hydrogen-bond acceptors (Lipinski definition) is 7. The molecule has 0 radical (unpaired) electrons. The number of ketones is 1. The van der Waals surface area contributed by atoms with E-state index in [1.807, 2.05) is 19.6 Å². The highest BCUT2D eigenvalue weighted by atomic mass is 28.4. The number of ether oxygens (including phenoxy) is 3. The third-order valence-corrected chi connectivity index (χ3v) is 5.36. The quantitative estimate of drug-likeness (QED) is 0.524. The first-order chi connectivity index (χ1) is 12.6. The first-order valence-electron chi connectivity index (χ1n) is 8.57. The zero-order chi connectivity index (χ0) is 20.0. The summed E-state index contributed by atoms with van der Waals surface area (Å²) in [6, 6.07) is 0. The summed E-state index contributed by atoms with van der Waals surface area (Å²) in [5.74, 6) is -0.939. The molecule has 0 aromatic carbocycles. The fourth-order valence-electron chi connectivity index (χ4n) is 3.54. The summed E-state index contributed by atoms with van der Waals surface area (Å²) >= 11 is 0. The maximum Gasteiger partial charge on any atom is 0.340 e. The largest absolute Gasteiger partial charge is 0.546 e. The van der Waals surface area contributed by atoms with Gasteiger partial charge in [0, 0.05) is 13.2 Å². The summed E-state index contributed by atoms with van der Waals surface area (Å²) in [6.07, 6.45) is 3.17. The van der Waals surface area contributed by atoms with E-state index in [1.54, 1.807) is 6.08 Å². The highest BCUT2D eigenvalue weighted by molar-refractivity contribution is 6.70. The number of methoxy groups -OCH3 is 2. The number of carbonyl (C=O) groups excluding carboxylic acids is 3. The van der Waals surface area contributed by atoms with Gasteiger partial charge < -0.3 is 23.5 Å². The lowest BCUT2D eigenvalue weighted by molar-refractivity contribution is -0.151. The molecule has 0 bridgehead atoms. The van der Waals surface area contributed by atoms with Crippen molar-refractivity contribution in [3.63, 3.8) is 0 Å². The first kappa shape index (κ1) is 19.4. The van der Waals surface area contributed by atoms with Gasteiger partial charge in [-0.2, -0.15) is 0 Å². The van der Waals surface area contributed by atoms with Crippen LogP contribution in [0.1, 0.15) is 6.42 Å². The van der Waals surface area contributed by atoms with Gasteiger partial charge in [-0.25, -0.2) is 4.79 Å². The molecular weight excluding hydrogens is 370 g/mol. The van der Waals surface area contributed by atoms with E-state index in [4.69, 9.17) is 18.6 Å². The molecule has 3 rings (SSSR count). The van der Waals surface area contributed by atoms with E-state index >= 15 is 0 Å². The van der Waals surface area contributed by atoms with Gasteiger partial charge >= 0.3 is 5.97 Å². The monoisotopic (exact) mass is 393 g/mol. The molecule has 0 saturated carbocycles. The molecule has 0 fully saturated rings. The molecule has 2 atom stereocenters. The van der Waals surface area contributed by atoms with E-state index in [9.17, 15) is 14.4 Å². The van der Waals surface area contributed by atoms with Gasteiger partial charge in [-0.15, -0.1) is 0 Å². The summed E-state index contributed by atoms with van der Waals surface area (Å²) in [5.41, 5.74) is -1.39. The molecule has 0 saturated heterocycles. The molecule has 3 aliphatic heterocycles. The van der Waals surface area contributed by atoms with Crippen LogP contribution in [0.25, 0.3) is 0 Å². The van der Waals surface area contributed by atoms with Gasteiger partial charge in [-0.3, -0.25) is 9.59 Å². The number of hydrogen-bond donors (Lipinski definition) is 0. The summed E-state index contributed by atoms with van der Waals surface area (Å²) in [4.78, 5) is 39.4. The van der Waals surface area contributed by atoms with Crippen molar-refractivity contribution in [2.24, 2.45) is 0 Å². The SMILES string of the molecule is COC(=O)C1=C2C(OC)C=C(O[Si](C)(C)C)CN2C(=O)C12CC(=O)C=CO2. The Balaban J connectivity index is 2.13. The number of amides is 1. The fraction of sp³-hybridized carbons (Fsp3) is 0.500. The molecule has 3 aliphatic rings. The summed E-state index contributed by atoms with van der Waals surface area (Å²) in [5, 5.41) is 0. The number of rotatable bonds is 4. The number of allylic oxidation sites excluding steroid dienone is 1. The fourth-order valence-corrected chi connectivity index (χ4v) is 4.46. The number of carbonyl (C=O) groups is 3. The molecule has 3 heterocycles. The highest BCUT2D eigenvalue weighted by Gasteiger charge is 2.61. The Kier molecular flexibility index (Phi) is 4.77. The zero-order valence-corrected chi connectivity index (χ0v) is 17.0. The van der Waals surface area contributed by atoms with Gasteiger partial charge in [0.2, 0.25) is 13.9 Å². The maximum absolute atomic E-state index is 13.3. The van der Waals surface area contributed by atoms with Crippen LogP contribution in [0.15, 0.2) is 35.4 Å². The molecule has 0 N–H and O–H groups in total. The minimum absolute atomic E-state index is 0.00264. The smallest absolute Gasteiger partial charge is 0.340 e. The van der Waals surface area contributed by atoms with Gasteiger partial charge in [-0.1, -0.05) is 0 Å². The van der Waals surface area contributed by atoms with Crippen molar-refractivity contribution in [1.29, 1.82) is 0 Å². The molecule has 0 aromatic heterocycles. The van der Waals surface area contributed by atoms with E-state index in [1.165, 1.54) is 25.2 Å². The lowest BCUT2D eigenvalue weighted by Gasteiger charge is -2.34. The van der Waals surface area contributed by atoms with Crippen molar-refractivity contribution in [1.82, 2.24) is 4.90 Å². The normalized spacial score (nSPS) is 27.5. The number of esters is 1. The van der Waals surface area contributed by atoms with E-state index in [-0.39, 0.29) is 24.3 Å². The average molecular weight is 393 g/mol. The minimum Gasteiger partial charge on any atom is -0.546 e. The summed E-state index contributed by atoms with van der Waals surface area (Å²) < 4.78 is 22.1. The molecule has 1 amide bonds. The van der Waals surface area contributed by atoms with E-state index < -0.39 is 31.9 Å². The van der Waals surface area contributed by atoms with Crippen LogP contribution in [-0.4, -0.2) is 63.3 Å². The van der Waals surface area contributed by atoms with Crippen molar-refractivity contribution in [3.8, 4) is 0 Å². The predicted molar refractivity (Wildman–Crippen MR) is 96.6 cm³/mol. The predicted octanol–water partition coefficient (Wildman–Crippen LogP) is 1.26. The second-order valence-electron chi connectivity index (χ2n) is 7.54. The highest BCUT2D eigenvalue weighted by Crippen LogP contribution is 2.45. The topological polar surface area (TPSA) is 91.4 Å². The van der Waals surface area contributed by atoms with Gasteiger partial charge in [0.1, 0.15) is 11.7 Å². The van der Waals surface area contributed by atoms with Crippen LogP contribution in [0.5, 0.6) is 0 Å². The van der Waals surface area contributed by atoms with Gasteiger partial charge in [0.15, 0.2) is 5.78 Å². The molecule has 0 aromatic rings. The van der Waals surface area contributed by atoms with Crippen LogP contribution in [0, 0.1) is 0 Å². The van der Waals surface area contributed by atoms with Gasteiger partial charge in [0.05, 0.1) is 37.8 Å². The molecular formula is C18H23NO7Si. The van der Waals surface area contributed by atoms with Crippen LogP contribution in [0.4, 0.5) is 0 Å². The Morgan fingerprint density at radius 1 is 1.30 bits per heavy atom. The van der Waals surface area contributed by atoms with Crippen molar-refractivity contribution in [3.05, 3.63) is 35.4 Å². The standard InChI is InChI=1S/C18H23NO7Si/c1-23-13-8-12(26-27(3,4)5)10-19-15(13)14(16(21)24-2)18(17(19)22)9-11(20)6-7-25-18/h6-8,13H,9-10H2,1-5H3. The van der Waals surface area contributed by atoms with Crippen molar-refractivity contribution < 1.29 is 33.0 Å². The third kappa shape index (κ3) is 3.21. The summed E-state index contributed by atoms with van der Waals surface area (Å²) in [7, 11) is 0.769. The molecule has 1 spiro atoms. The van der Waals surface area contributed by atoms with Crippen molar-refractivity contribution in [2.75, 3.05) is 20.8 Å². The minimum atomic E-state index is -1.92. The van der Waals surface area contributed by atoms with Crippen LogP contribution in [0.2, 0.25) is 19.6 Å². The summed E-state index contributed by atoms with van der Waals surface area (Å²) in [6.45, 7) is 6.23. The molecule has 2 unspecified atom stereocenters. The lowest BCUT2D eigenvalue weighted by atomic mass is 9.87. The second kappa shape index (κ2) is 6.65. The number of nitrogens with zero attached hydrogens (tertiary/aromatic N) is 1. The Morgan fingerprint density at radius 2 is 2.00 bits per heavy atom. The zero-order valence-electron chi connectivity index (χ0n) is 16.0. The van der Waals surface area contributed by atoms with Crippen LogP contribution < -0.4 is 0 Å². The van der Waals surface area contributed by atoms with Crippen LogP contribution >= 0.6 is 0 Å². The Hall–Kier alpha value is -2.39. The molecule has 27 heavy (non-hydrogen) atoms. The second-order valence-corrected chi connectivity index (χ2v) is 12.0. The molecule has 0 aliphatic carbocycles. The Labute approximate surface area is 158 Å². The van der Waals surface area contributed by atoms with Gasteiger partial charge in [0.25, 0.3) is 5.91 Å². The van der Waals surface area contributed by atoms with E-state index in [2.05, 4.69) is 0 Å². The lowest BCUT2D eigenvalue weighted by Crippen LogP contribution is -2.49. The molecule has 8 nitrogen and oxygen atoms in total. The average Bonchev–Trinajstić information content (AvgIpc) is 2.81. The van der Waals surface area contributed by atoms with Crippen LogP contribution in [-0.2, 0) is 33.0 Å². The van der Waals surface area contributed by atoms with Gasteiger partial charge in [-0.05, 0) is 25.7 Å².